The molecule has 3 aromatic carbocycles. The molecule has 0 saturated carbocycles. The fourth-order valence-electron chi connectivity index (χ4n) is 5.08. The van der Waals surface area contributed by atoms with Crippen molar-refractivity contribution in [2.75, 3.05) is 48.7 Å². The summed E-state index contributed by atoms with van der Waals surface area (Å²) in [7, 11) is -3.36. The van der Waals surface area contributed by atoms with Gasteiger partial charge in [-0.15, -0.1) is 0 Å². The van der Waals surface area contributed by atoms with Gasteiger partial charge in [-0.25, -0.2) is 8.42 Å². The number of hydrogen-bond acceptors (Lipinski definition) is 5. The number of nitrogens with zero attached hydrogens (tertiary/aromatic N) is 2. The van der Waals surface area contributed by atoms with E-state index in [1.807, 2.05) is 30.3 Å². The molecule has 3 aromatic rings. The zero-order valence-electron chi connectivity index (χ0n) is 22.6. The minimum Gasteiger partial charge on any atom is -0.396 e. The Labute approximate surface area is 227 Å². The molecule has 2 N–H and O–H groups in total. The second kappa shape index (κ2) is 12.6. The van der Waals surface area contributed by atoms with Crippen LogP contribution >= 0.6 is 0 Å². The van der Waals surface area contributed by atoms with Crippen molar-refractivity contribution in [3.05, 3.63) is 95.6 Å². The van der Waals surface area contributed by atoms with E-state index in [9.17, 15) is 13.5 Å². The fraction of sp³-hybridized carbons (Fsp3) is 0.355. The molecule has 202 valence electrons. The number of piperazine rings is 1. The first-order chi connectivity index (χ1) is 18.2. The Morgan fingerprint density at radius 2 is 1.42 bits per heavy atom. The molecule has 0 unspecified atom stereocenters. The van der Waals surface area contributed by atoms with Crippen LogP contribution in [0.25, 0.3) is 11.1 Å². The maximum atomic E-state index is 11.7. The Hall–Kier alpha value is -3.13. The maximum Gasteiger partial charge on any atom is 0.229 e. The van der Waals surface area contributed by atoms with E-state index in [1.54, 1.807) is 12.1 Å². The van der Waals surface area contributed by atoms with Crippen molar-refractivity contribution >= 4 is 32.5 Å². The Morgan fingerprint density at radius 3 is 1.95 bits per heavy atom. The molecule has 1 fully saturated rings. The van der Waals surface area contributed by atoms with Crippen molar-refractivity contribution in [2.45, 2.75) is 32.7 Å². The fourth-order valence-corrected chi connectivity index (χ4v) is 5.64. The highest BCUT2D eigenvalue weighted by atomic mass is 32.2. The van der Waals surface area contributed by atoms with Crippen LogP contribution in [-0.4, -0.2) is 63.5 Å². The molecule has 4 rings (SSSR count). The topological polar surface area (TPSA) is 72.9 Å². The highest BCUT2D eigenvalue weighted by molar-refractivity contribution is 7.92. The van der Waals surface area contributed by atoms with Crippen LogP contribution in [0.1, 0.15) is 43.4 Å². The minimum atomic E-state index is -3.36. The van der Waals surface area contributed by atoms with Gasteiger partial charge in [-0.2, -0.15) is 0 Å². The maximum absolute atomic E-state index is 11.7. The molecule has 1 saturated heterocycles. The molecule has 0 aromatic heterocycles. The lowest BCUT2D eigenvalue weighted by molar-refractivity contribution is 0.209. The Morgan fingerprint density at radius 1 is 0.842 bits per heavy atom. The van der Waals surface area contributed by atoms with E-state index in [1.165, 1.54) is 5.69 Å². The Kier molecular flexibility index (Phi) is 9.26. The van der Waals surface area contributed by atoms with Gasteiger partial charge in [-0.3, -0.25) is 9.62 Å². The van der Waals surface area contributed by atoms with E-state index in [2.05, 4.69) is 64.8 Å². The number of anilines is 2. The summed E-state index contributed by atoms with van der Waals surface area (Å²) < 4.78 is 26.0. The molecule has 38 heavy (non-hydrogen) atoms. The van der Waals surface area contributed by atoms with Gasteiger partial charge in [-0.1, -0.05) is 54.6 Å². The van der Waals surface area contributed by atoms with Crippen molar-refractivity contribution in [2.24, 2.45) is 0 Å². The molecule has 7 heteroatoms. The predicted molar refractivity (Wildman–Crippen MR) is 159 cm³/mol. The number of rotatable bonds is 10. The van der Waals surface area contributed by atoms with Gasteiger partial charge >= 0.3 is 0 Å². The second-order valence-electron chi connectivity index (χ2n) is 10.2. The number of aliphatic hydroxyl groups excluding tert-OH is 1. The zero-order chi connectivity index (χ0) is 27.1. The third-order valence-corrected chi connectivity index (χ3v) is 7.66. The first-order valence-corrected chi connectivity index (χ1v) is 15.2. The first kappa shape index (κ1) is 27.9. The summed E-state index contributed by atoms with van der Waals surface area (Å²) in [4.78, 5) is 4.96. The number of hydrogen-bond donors (Lipinski definition) is 2. The molecule has 1 aliphatic rings. The second-order valence-corrected chi connectivity index (χ2v) is 11.9. The molecule has 0 amide bonds. The van der Waals surface area contributed by atoms with Gasteiger partial charge in [0.15, 0.2) is 0 Å². The summed E-state index contributed by atoms with van der Waals surface area (Å²) in [6.07, 6.45) is 2.52. The molecule has 0 spiro atoms. The molecule has 1 aliphatic heterocycles. The van der Waals surface area contributed by atoms with Gasteiger partial charge in [0.05, 0.1) is 6.26 Å². The van der Waals surface area contributed by atoms with E-state index >= 15 is 0 Å². The van der Waals surface area contributed by atoms with Crippen LogP contribution in [-0.2, 0) is 10.0 Å². The van der Waals surface area contributed by atoms with Crippen molar-refractivity contribution in [1.29, 1.82) is 0 Å². The van der Waals surface area contributed by atoms with Crippen molar-refractivity contribution in [3.8, 4) is 0 Å². The van der Waals surface area contributed by atoms with Crippen LogP contribution in [0.3, 0.4) is 0 Å². The summed E-state index contributed by atoms with van der Waals surface area (Å²) in [6, 6.07) is 27.2. The van der Waals surface area contributed by atoms with E-state index in [4.69, 9.17) is 0 Å². The highest BCUT2D eigenvalue weighted by Gasteiger charge is 2.20. The minimum absolute atomic E-state index is 0.113. The molecule has 1 heterocycles. The molecule has 6 nitrogen and oxygen atoms in total. The molecule has 0 bridgehead atoms. The van der Waals surface area contributed by atoms with Crippen molar-refractivity contribution < 1.29 is 13.5 Å². The van der Waals surface area contributed by atoms with Crippen LogP contribution in [0.15, 0.2) is 78.9 Å². The quantitative estimate of drug-likeness (QED) is 0.345. The molecular weight excluding hydrogens is 494 g/mol. The van der Waals surface area contributed by atoms with Crippen molar-refractivity contribution in [1.82, 2.24) is 4.90 Å². The lowest BCUT2D eigenvalue weighted by Gasteiger charge is -2.38. The normalized spacial score (nSPS) is 15.4. The monoisotopic (exact) mass is 533 g/mol. The van der Waals surface area contributed by atoms with Crippen LogP contribution in [0, 0.1) is 0 Å². The largest absolute Gasteiger partial charge is 0.396 e. The lowest BCUT2D eigenvalue weighted by Crippen LogP contribution is -2.48. The van der Waals surface area contributed by atoms with Crippen LogP contribution in [0.4, 0.5) is 11.4 Å². The highest BCUT2D eigenvalue weighted by Crippen LogP contribution is 2.36. The molecular formula is C31H39N3O3S. The average Bonchev–Trinajstić information content (AvgIpc) is 2.91. The summed E-state index contributed by atoms with van der Waals surface area (Å²) in [5, 5.41) is 9.67. The van der Waals surface area contributed by atoms with E-state index in [0.29, 0.717) is 18.2 Å². The number of allylic oxidation sites excluding steroid dienone is 1. The van der Waals surface area contributed by atoms with Crippen molar-refractivity contribution in [3.63, 3.8) is 0 Å². The van der Waals surface area contributed by atoms with Gasteiger partial charge in [0.25, 0.3) is 0 Å². The summed E-state index contributed by atoms with van der Waals surface area (Å²) in [6.45, 7) is 8.78. The number of sulfonamides is 1. The van der Waals surface area contributed by atoms with Crippen LogP contribution < -0.4 is 9.62 Å². The Bertz CT molecular complexity index is 1310. The van der Waals surface area contributed by atoms with Gasteiger partial charge < -0.3 is 10.0 Å². The Balaban J connectivity index is 1.73. The summed E-state index contributed by atoms with van der Waals surface area (Å²) >= 11 is 0. The zero-order valence-corrected chi connectivity index (χ0v) is 23.4. The molecule has 0 atom stereocenters. The summed E-state index contributed by atoms with van der Waals surface area (Å²) in [5.41, 5.74) is 7.20. The number of benzene rings is 3. The summed E-state index contributed by atoms with van der Waals surface area (Å²) in [5.74, 6) is 0. The lowest BCUT2D eigenvalue weighted by atomic mass is 9.87. The van der Waals surface area contributed by atoms with Gasteiger partial charge in [-0.05, 0) is 78.8 Å². The predicted octanol–water partition coefficient (Wildman–Crippen LogP) is 5.32. The molecule has 0 radical (unpaired) electrons. The number of nitrogens with one attached hydrogen (secondary N) is 1. The van der Waals surface area contributed by atoms with E-state index in [0.717, 1.165) is 66.7 Å². The van der Waals surface area contributed by atoms with Gasteiger partial charge in [0, 0.05) is 50.2 Å². The molecule has 0 aliphatic carbocycles. The standard InChI is InChI=1S/C31H39N3O3S/c1-24(2)33-19-21-34(22-20-33)29-17-13-27(14-18-29)31(26-11-15-28(16-12-26)32-38(3,36)37)30(10-7-23-35)25-8-5-4-6-9-25/h4-6,8-9,11-18,24,32,35H,7,10,19-23H2,1-3H3. The smallest absolute Gasteiger partial charge is 0.229 e. The first-order valence-electron chi connectivity index (χ1n) is 13.3. The van der Waals surface area contributed by atoms with Gasteiger partial charge in [0.1, 0.15) is 0 Å². The SMILES string of the molecule is CC(C)N1CCN(c2ccc(C(=C(CCCO)c3ccccc3)c3ccc(NS(C)(=O)=O)cc3)cc2)CC1. The van der Waals surface area contributed by atoms with Crippen LogP contribution in [0.2, 0.25) is 0 Å². The average molecular weight is 534 g/mol. The van der Waals surface area contributed by atoms with Gasteiger partial charge in [0.2, 0.25) is 10.0 Å². The van der Waals surface area contributed by atoms with E-state index in [-0.39, 0.29) is 6.61 Å². The van der Waals surface area contributed by atoms with Crippen LogP contribution in [0.5, 0.6) is 0 Å². The number of aliphatic hydroxyl groups is 1. The third kappa shape index (κ3) is 7.25. The van der Waals surface area contributed by atoms with E-state index < -0.39 is 10.0 Å². The third-order valence-electron chi connectivity index (χ3n) is 7.05.